The normalized spacial score (nSPS) is 12.9. The number of aliphatic hydroxyl groups is 1. The second-order valence-electron chi connectivity index (χ2n) is 5.07. The van der Waals surface area contributed by atoms with Crippen molar-refractivity contribution in [2.24, 2.45) is 0 Å². The van der Waals surface area contributed by atoms with Crippen molar-refractivity contribution in [1.82, 2.24) is 10.1 Å². The zero-order valence-corrected chi connectivity index (χ0v) is 11.9. The van der Waals surface area contributed by atoms with Gasteiger partial charge in [-0.3, -0.25) is 4.90 Å². The lowest BCUT2D eigenvalue weighted by Crippen LogP contribution is -2.24. The fourth-order valence-electron chi connectivity index (χ4n) is 2.18. The Bertz CT molecular complexity index is 564. The maximum atomic E-state index is 13.1. The summed E-state index contributed by atoms with van der Waals surface area (Å²) in [4.78, 5) is 1.96. The van der Waals surface area contributed by atoms with Crippen molar-refractivity contribution < 1.29 is 14.0 Å². The highest BCUT2D eigenvalue weighted by Crippen LogP contribution is 2.18. The Balaban J connectivity index is 1.99. The van der Waals surface area contributed by atoms with Gasteiger partial charge in [0.1, 0.15) is 11.6 Å². The van der Waals surface area contributed by atoms with Crippen LogP contribution >= 0.6 is 0 Å². The Hall–Kier alpha value is -1.72. The molecule has 0 aliphatic rings. The first-order valence-electron chi connectivity index (χ1n) is 6.51. The molecule has 0 radical (unpaired) electrons. The fraction of sp³-hybridized carbons (Fsp3) is 0.400. The zero-order chi connectivity index (χ0) is 14.7. The lowest BCUT2D eigenvalue weighted by Gasteiger charge is -2.20. The van der Waals surface area contributed by atoms with Gasteiger partial charge in [-0.15, -0.1) is 0 Å². The third-order valence-corrected chi connectivity index (χ3v) is 3.33. The van der Waals surface area contributed by atoms with E-state index in [1.54, 1.807) is 12.1 Å². The Morgan fingerprint density at radius 2 is 2.15 bits per heavy atom. The number of benzene rings is 1. The van der Waals surface area contributed by atoms with E-state index in [2.05, 4.69) is 5.16 Å². The van der Waals surface area contributed by atoms with Gasteiger partial charge < -0.3 is 9.63 Å². The molecular weight excluding hydrogens is 259 g/mol. The number of rotatable bonds is 5. The van der Waals surface area contributed by atoms with Gasteiger partial charge in [0.05, 0.1) is 11.8 Å². The van der Waals surface area contributed by atoms with Gasteiger partial charge in [0.25, 0.3) is 0 Å². The molecule has 1 N–H and O–H groups in total. The van der Waals surface area contributed by atoms with Crippen molar-refractivity contribution in [3.63, 3.8) is 0 Å². The summed E-state index contributed by atoms with van der Waals surface area (Å²) < 4.78 is 18.2. The van der Waals surface area contributed by atoms with Crippen LogP contribution in [0.1, 0.15) is 28.7 Å². The molecule has 1 atom stereocenters. The number of aliphatic hydroxyl groups excluding tert-OH is 1. The number of likely N-dealkylation sites (N-methyl/N-ethyl adjacent to an activating group) is 1. The van der Waals surface area contributed by atoms with Crippen LogP contribution in [-0.2, 0) is 6.54 Å². The number of aryl methyl sites for hydroxylation is 2. The number of halogens is 1. The van der Waals surface area contributed by atoms with Gasteiger partial charge in [-0.2, -0.15) is 0 Å². The maximum Gasteiger partial charge on any atom is 0.138 e. The quantitative estimate of drug-likeness (QED) is 0.913. The van der Waals surface area contributed by atoms with E-state index >= 15 is 0 Å². The van der Waals surface area contributed by atoms with Gasteiger partial charge in [-0.25, -0.2) is 4.39 Å². The Kier molecular flexibility index (Phi) is 4.52. The smallest absolute Gasteiger partial charge is 0.138 e. The molecule has 1 unspecified atom stereocenters. The molecule has 0 aliphatic carbocycles. The first-order valence-corrected chi connectivity index (χ1v) is 6.51. The minimum absolute atomic E-state index is 0.338. The van der Waals surface area contributed by atoms with Crippen molar-refractivity contribution in [2.75, 3.05) is 13.6 Å². The van der Waals surface area contributed by atoms with Crippen LogP contribution in [0.4, 0.5) is 4.39 Å². The highest BCUT2D eigenvalue weighted by Gasteiger charge is 2.15. The summed E-state index contributed by atoms with van der Waals surface area (Å²) in [5.74, 6) is 0.449. The van der Waals surface area contributed by atoms with Crippen LogP contribution < -0.4 is 0 Å². The van der Waals surface area contributed by atoms with Crippen LogP contribution in [0, 0.1) is 19.7 Å². The molecule has 5 heteroatoms. The van der Waals surface area contributed by atoms with Crippen molar-refractivity contribution >= 4 is 0 Å². The monoisotopic (exact) mass is 278 g/mol. The van der Waals surface area contributed by atoms with Crippen LogP contribution in [-0.4, -0.2) is 28.8 Å². The highest BCUT2D eigenvalue weighted by atomic mass is 19.1. The van der Waals surface area contributed by atoms with Crippen LogP contribution in [0.3, 0.4) is 0 Å². The van der Waals surface area contributed by atoms with Gasteiger partial charge in [0.2, 0.25) is 0 Å². The van der Waals surface area contributed by atoms with E-state index in [1.807, 2.05) is 25.8 Å². The molecule has 1 aromatic heterocycles. The summed E-state index contributed by atoms with van der Waals surface area (Å²) in [6, 6.07) is 6.04. The zero-order valence-electron chi connectivity index (χ0n) is 11.9. The van der Waals surface area contributed by atoms with Gasteiger partial charge >= 0.3 is 0 Å². The summed E-state index contributed by atoms with van der Waals surface area (Å²) in [5.41, 5.74) is 2.46. The second-order valence-corrected chi connectivity index (χ2v) is 5.07. The molecule has 1 aromatic carbocycles. The molecule has 0 aliphatic heterocycles. The van der Waals surface area contributed by atoms with Gasteiger partial charge in [-0.05, 0) is 38.6 Å². The molecule has 108 valence electrons. The molecule has 0 fully saturated rings. The predicted octanol–water partition coefficient (Wildman–Crippen LogP) is 2.60. The van der Waals surface area contributed by atoms with Gasteiger partial charge in [-0.1, -0.05) is 17.3 Å². The predicted molar refractivity (Wildman–Crippen MR) is 73.7 cm³/mol. The molecule has 0 amide bonds. The summed E-state index contributed by atoms with van der Waals surface area (Å²) in [7, 11) is 1.90. The summed E-state index contributed by atoms with van der Waals surface area (Å²) in [6.45, 7) is 4.80. The summed E-state index contributed by atoms with van der Waals surface area (Å²) >= 11 is 0. The van der Waals surface area contributed by atoms with Crippen molar-refractivity contribution in [1.29, 1.82) is 0 Å². The largest absolute Gasteiger partial charge is 0.387 e. The highest BCUT2D eigenvalue weighted by molar-refractivity contribution is 5.21. The van der Waals surface area contributed by atoms with E-state index in [0.717, 1.165) is 17.0 Å². The minimum atomic E-state index is -0.726. The number of nitrogens with zero attached hydrogens (tertiary/aromatic N) is 2. The summed E-state index contributed by atoms with van der Waals surface area (Å²) in [6.07, 6.45) is -0.726. The van der Waals surface area contributed by atoms with Crippen LogP contribution in [0.2, 0.25) is 0 Å². The average molecular weight is 278 g/mol. The summed E-state index contributed by atoms with van der Waals surface area (Å²) in [5, 5.41) is 14.0. The lowest BCUT2D eigenvalue weighted by atomic mass is 10.1. The third kappa shape index (κ3) is 3.43. The van der Waals surface area contributed by atoms with Crippen LogP contribution in [0.15, 0.2) is 28.8 Å². The third-order valence-electron chi connectivity index (χ3n) is 3.33. The van der Waals surface area contributed by atoms with E-state index < -0.39 is 6.10 Å². The van der Waals surface area contributed by atoms with Crippen LogP contribution in [0.5, 0.6) is 0 Å². The second kappa shape index (κ2) is 6.15. The van der Waals surface area contributed by atoms with Crippen molar-refractivity contribution in [2.45, 2.75) is 26.5 Å². The molecular formula is C15H19FN2O2. The first-order chi connectivity index (χ1) is 9.47. The number of hydrogen-bond donors (Lipinski definition) is 1. The van der Waals surface area contributed by atoms with E-state index in [4.69, 9.17) is 4.52 Å². The van der Waals surface area contributed by atoms with E-state index in [1.165, 1.54) is 12.1 Å². The average Bonchev–Trinajstić information content (AvgIpc) is 2.70. The van der Waals surface area contributed by atoms with E-state index in [-0.39, 0.29) is 5.82 Å². The molecule has 2 aromatic rings. The number of aromatic nitrogens is 1. The lowest BCUT2D eigenvalue weighted by molar-refractivity contribution is 0.123. The Labute approximate surface area is 117 Å². The molecule has 20 heavy (non-hydrogen) atoms. The Morgan fingerprint density at radius 1 is 1.40 bits per heavy atom. The Morgan fingerprint density at radius 3 is 2.75 bits per heavy atom. The van der Waals surface area contributed by atoms with Gasteiger partial charge in [0.15, 0.2) is 0 Å². The molecule has 4 nitrogen and oxygen atoms in total. The maximum absolute atomic E-state index is 13.1. The van der Waals surface area contributed by atoms with E-state index in [0.29, 0.717) is 18.7 Å². The molecule has 2 rings (SSSR count). The van der Waals surface area contributed by atoms with E-state index in [9.17, 15) is 9.50 Å². The van der Waals surface area contributed by atoms with Gasteiger partial charge in [0, 0.05) is 18.7 Å². The molecule has 0 spiro atoms. The minimum Gasteiger partial charge on any atom is -0.387 e. The molecule has 1 heterocycles. The van der Waals surface area contributed by atoms with Crippen molar-refractivity contribution in [3.8, 4) is 0 Å². The fourth-order valence-corrected chi connectivity index (χ4v) is 2.18. The van der Waals surface area contributed by atoms with Crippen molar-refractivity contribution in [3.05, 3.63) is 52.7 Å². The molecule has 0 saturated carbocycles. The first kappa shape index (κ1) is 14.7. The number of hydrogen-bond acceptors (Lipinski definition) is 4. The topological polar surface area (TPSA) is 49.5 Å². The molecule has 0 saturated heterocycles. The standard InChI is InChI=1S/C15H19FN2O2/c1-10-14(11(2)20-17-10)8-18(3)9-15(19)12-5-4-6-13(16)7-12/h4-7,15,19H,8-9H2,1-3H3. The van der Waals surface area contributed by atoms with Crippen LogP contribution in [0.25, 0.3) is 0 Å². The molecule has 0 bridgehead atoms. The SMILES string of the molecule is Cc1noc(C)c1CN(C)CC(O)c1cccc(F)c1.